The second-order valence-corrected chi connectivity index (χ2v) is 5.93. The van der Waals surface area contributed by atoms with Gasteiger partial charge < -0.3 is 5.32 Å². The van der Waals surface area contributed by atoms with E-state index in [9.17, 15) is 4.39 Å². The number of rotatable bonds is 3. The molecule has 2 aromatic carbocycles. The van der Waals surface area contributed by atoms with E-state index >= 15 is 0 Å². The second kappa shape index (κ2) is 5.99. The molecule has 0 aliphatic heterocycles. The summed E-state index contributed by atoms with van der Waals surface area (Å²) in [5.41, 5.74) is 2.15. The van der Waals surface area contributed by atoms with Gasteiger partial charge in [0, 0.05) is 19.4 Å². The fourth-order valence-corrected chi connectivity index (χ4v) is 2.26. The summed E-state index contributed by atoms with van der Waals surface area (Å²) in [6, 6.07) is 12.8. The maximum atomic E-state index is 12.7. The normalized spacial score (nSPS) is 10.3. The molecule has 1 nitrogen and oxygen atoms in total. The summed E-state index contributed by atoms with van der Waals surface area (Å²) in [4.78, 5) is 0. The highest BCUT2D eigenvalue weighted by atomic mass is 127. The van der Waals surface area contributed by atoms with Crippen molar-refractivity contribution in [2.75, 3.05) is 5.32 Å². The van der Waals surface area contributed by atoms with Crippen molar-refractivity contribution in [1.29, 1.82) is 0 Å². The van der Waals surface area contributed by atoms with E-state index in [1.54, 1.807) is 12.1 Å². The number of hydrogen-bond acceptors (Lipinski definition) is 1. The highest BCUT2D eigenvalue weighted by molar-refractivity contribution is 14.1. The van der Waals surface area contributed by atoms with E-state index in [0.29, 0.717) is 6.54 Å². The van der Waals surface area contributed by atoms with E-state index in [1.165, 1.54) is 19.3 Å². The molecule has 4 heteroatoms. The molecular weight excluding hydrogens is 443 g/mol. The molecule has 2 rings (SSSR count). The molecule has 2 aromatic rings. The van der Waals surface area contributed by atoms with Crippen LogP contribution in [0.4, 0.5) is 10.1 Å². The first-order valence-electron chi connectivity index (χ1n) is 5.08. The zero-order valence-corrected chi connectivity index (χ0v) is 13.2. The molecule has 0 heterocycles. The van der Waals surface area contributed by atoms with Crippen LogP contribution in [0.25, 0.3) is 0 Å². The van der Waals surface area contributed by atoms with Crippen molar-refractivity contribution in [3.63, 3.8) is 0 Å². The topological polar surface area (TPSA) is 12.0 Å². The van der Waals surface area contributed by atoms with Gasteiger partial charge in [-0.05, 0) is 81.1 Å². The van der Waals surface area contributed by atoms with Crippen molar-refractivity contribution in [1.82, 2.24) is 0 Å². The first-order valence-corrected chi connectivity index (χ1v) is 7.24. The van der Waals surface area contributed by atoms with Crippen LogP contribution in [0.3, 0.4) is 0 Å². The van der Waals surface area contributed by atoms with Gasteiger partial charge in [0.05, 0.1) is 0 Å². The maximum absolute atomic E-state index is 12.7. The minimum atomic E-state index is -0.197. The Bertz CT molecular complexity index is 511. The molecule has 0 saturated carbocycles. The first kappa shape index (κ1) is 13.1. The Kier molecular flexibility index (Phi) is 4.61. The van der Waals surface area contributed by atoms with Crippen molar-refractivity contribution in [2.45, 2.75) is 6.54 Å². The maximum Gasteiger partial charge on any atom is 0.123 e. The molecule has 0 radical (unpaired) electrons. The molecular formula is C13H10FI2N. The average Bonchev–Trinajstić information content (AvgIpc) is 2.33. The Morgan fingerprint density at radius 2 is 1.65 bits per heavy atom. The van der Waals surface area contributed by atoms with Crippen LogP contribution in [0.15, 0.2) is 42.5 Å². The van der Waals surface area contributed by atoms with Crippen molar-refractivity contribution in [3.8, 4) is 0 Å². The van der Waals surface area contributed by atoms with Gasteiger partial charge in [-0.15, -0.1) is 0 Å². The minimum absolute atomic E-state index is 0.197. The van der Waals surface area contributed by atoms with Crippen molar-refractivity contribution in [2.24, 2.45) is 0 Å². The fraction of sp³-hybridized carbons (Fsp3) is 0.0769. The molecule has 17 heavy (non-hydrogen) atoms. The lowest BCUT2D eigenvalue weighted by molar-refractivity contribution is 0.627. The predicted molar refractivity (Wildman–Crippen MR) is 85.6 cm³/mol. The monoisotopic (exact) mass is 453 g/mol. The van der Waals surface area contributed by atoms with Crippen LogP contribution in [-0.2, 0) is 6.54 Å². The van der Waals surface area contributed by atoms with Gasteiger partial charge in [0.15, 0.2) is 0 Å². The second-order valence-electron chi connectivity index (χ2n) is 3.61. The van der Waals surface area contributed by atoms with E-state index in [4.69, 9.17) is 0 Å². The quantitative estimate of drug-likeness (QED) is 0.668. The molecule has 0 atom stereocenters. The minimum Gasteiger partial charge on any atom is -0.381 e. The summed E-state index contributed by atoms with van der Waals surface area (Å²) in [6.45, 7) is 0.705. The van der Waals surface area contributed by atoms with E-state index in [0.717, 1.165) is 11.3 Å². The van der Waals surface area contributed by atoms with E-state index in [1.807, 2.05) is 6.07 Å². The Morgan fingerprint density at radius 1 is 0.941 bits per heavy atom. The summed E-state index contributed by atoms with van der Waals surface area (Å²) in [5, 5.41) is 3.32. The van der Waals surface area contributed by atoms with Gasteiger partial charge in [0.2, 0.25) is 0 Å². The average molecular weight is 453 g/mol. The lowest BCUT2D eigenvalue weighted by atomic mass is 10.2. The zero-order chi connectivity index (χ0) is 12.3. The zero-order valence-electron chi connectivity index (χ0n) is 8.88. The Balaban J connectivity index is 2.02. The van der Waals surface area contributed by atoms with Crippen LogP contribution in [0, 0.1) is 13.0 Å². The van der Waals surface area contributed by atoms with Crippen LogP contribution < -0.4 is 5.32 Å². The van der Waals surface area contributed by atoms with E-state index < -0.39 is 0 Å². The van der Waals surface area contributed by atoms with Gasteiger partial charge in [-0.2, -0.15) is 0 Å². The molecule has 0 aliphatic carbocycles. The molecule has 0 bridgehead atoms. The van der Waals surface area contributed by atoms with Crippen molar-refractivity contribution in [3.05, 3.63) is 61.0 Å². The number of nitrogens with one attached hydrogen (secondary N) is 1. The fourth-order valence-electron chi connectivity index (χ4n) is 1.41. The summed E-state index contributed by atoms with van der Waals surface area (Å²) in [5.74, 6) is -0.197. The highest BCUT2D eigenvalue weighted by Crippen LogP contribution is 2.20. The Morgan fingerprint density at radius 3 is 2.29 bits per heavy atom. The summed E-state index contributed by atoms with van der Waals surface area (Å²) in [7, 11) is 0. The van der Waals surface area contributed by atoms with Crippen LogP contribution in [-0.4, -0.2) is 0 Å². The third-order valence-corrected chi connectivity index (χ3v) is 5.19. The first-order chi connectivity index (χ1) is 8.15. The van der Waals surface area contributed by atoms with E-state index in [2.05, 4.69) is 62.6 Å². The van der Waals surface area contributed by atoms with Crippen molar-refractivity contribution < 1.29 is 4.39 Å². The van der Waals surface area contributed by atoms with Crippen LogP contribution in [0.5, 0.6) is 0 Å². The molecule has 0 saturated heterocycles. The van der Waals surface area contributed by atoms with Crippen LogP contribution >= 0.6 is 45.2 Å². The van der Waals surface area contributed by atoms with Gasteiger partial charge in [0.25, 0.3) is 0 Å². The van der Waals surface area contributed by atoms with E-state index in [-0.39, 0.29) is 5.82 Å². The lowest BCUT2D eigenvalue weighted by Gasteiger charge is -2.07. The molecule has 88 valence electrons. The van der Waals surface area contributed by atoms with Gasteiger partial charge in [-0.1, -0.05) is 12.1 Å². The van der Waals surface area contributed by atoms with Crippen LogP contribution in [0.2, 0.25) is 0 Å². The van der Waals surface area contributed by atoms with Gasteiger partial charge >= 0.3 is 0 Å². The van der Waals surface area contributed by atoms with Gasteiger partial charge in [-0.3, -0.25) is 0 Å². The van der Waals surface area contributed by atoms with Crippen molar-refractivity contribution >= 4 is 50.9 Å². The summed E-state index contributed by atoms with van der Waals surface area (Å²) < 4.78 is 15.2. The summed E-state index contributed by atoms with van der Waals surface area (Å²) in [6.07, 6.45) is 0. The van der Waals surface area contributed by atoms with Crippen LogP contribution in [0.1, 0.15) is 5.56 Å². The molecule has 1 N–H and O–H groups in total. The number of hydrogen-bond donors (Lipinski definition) is 1. The number of halogens is 3. The number of benzene rings is 2. The SMILES string of the molecule is Fc1ccc(CNc2ccc(I)c(I)c2)cc1. The smallest absolute Gasteiger partial charge is 0.123 e. The Labute approximate surface area is 127 Å². The van der Waals surface area contributed by atoms with Gasteiger partial charge in [0.1, 0.15) is 5.82 Å². The molecule has 0 spiro atoms. The largest absolute Gasteiger partial charge is 0.381 e. The molecule has 0 amide bonds. The molecule has 0 unspecified atom stereocenters. The Hall–Kier alpha value is -0.370. The summed E-state index contributed by atoms with van der Waals surface area (Å²) >= 11 is 4.62. The molecule has 0 fully saturated rings. The third kappa shape index (κ3) is 3.80. The van der Waals surface area contributed by atoms with Gasteiger partial charge in [-0.25, -0.2) is 4.39 Å². The standard InChI is InChI=1S/C13H10FI2N/c14-10-3-1-9(2-4-10)8-17-11-5-6-12(15)13(16)7-11/h1-7,17H,8H2. The predicted octanol–water partition coefficient (Wildman–Crippen LogP) is 4.65. The molecule has 0 aromatic heterocycles. The highest BCUT2D eigenvalue weighted by Gasteiger charge is 1.99. The number of anilines is 1. The molecule has 0 aliphatic rings. The lowest BCUT2D eigenvalue weighted by Crippen LogP contribution is -1.99. The third-order valence-electron chi connectivity index (χ3n) is 2.33.